The first kappa shape index (κ1) is 12.5. The Balaban J connectivity index is 2.15. The van der Waals surface area contributed by atoms with Crippen molar-refractivity contribution in [2.75, 3.05) is 11.9 Å². The highest BCUT2D eigenvalue weighted by atomic mass is 16.5. The van der Waals surface area contributed by atoms with Gasteiger partial charge in [-0.3, -0.25) is 0 Å². The van der Waals surface area contributed by atoms with Crippen molar-refractivity contribution < 1.29 is 4.74 Å². The van der Waals surface area contributed by atoms with Crippen LogP contribution in [0.15, 0.2) is 42.5 Å². The predicted octanol–water partition coefficient (Wildman–Crippen LogP) is 4.45. The van der Waals surface area contributed by atoms with Crippen molar-refractivity contribution in [3.05, 3.63) is 53.6 Å². The number of anilines is 2. The van der Waals surface area contributed by atoms with E-state index < -0.39 is 0 Å². The fraction of sp³-hybridized carbons (Fsp3) is 0.250. The second-order valence-corrected chi connectivity index (χ2v) is 4.40. The molecule has 2 nitrogen and oxygen atoms in total. The second-order valence-electron chi connectivity index (χ2n) is 4.40. The van der Waals surface area contributed by atoms with Gasteiger partial charge in [-0.05, 0) is 62.2 Å². The molecule has 2 rings (SSSR count). The fourth-order valence-electron chi connectivity index (χ4n) is 1.83. The van der Waals surface area contributed by atoms with E-state index in [4.69, 9.17) is 4.74 Å². The largest absolute Gasteiger partial charge is 0.494 e. The summed E-state index contributed by atoms with van der Waals surface area (Å²) in [6, 6.07) is 14.4. The molecule has 0 heterocycles. The maximum absolute atomic E-state index is 5.43. The van der Waals surface area contributed by atoms with Crippen molar-refractivity contribution in [2.45, 2.75) is 20.8 Å². The zero-order valence-corrected chi connectivity index (χ0v) is 11.2. The minimum absolute atomic E-state index is 0.698. The van der Waals surface area contributed by atoms with Crippen LogP contribution >= 0.6 is 0 Å². The van der Waals surface area contributed by atoms with Crippen molar-refractivity contribution in [3.8, 4) is 5.75 Å². The highest BCUT2D eigenvalue weighted by Crippen LogP contribution is 2.23. The van der Waals surface area contributed by atoms with Gasteiger partial charge in [0.2, 0.25) is 0 Å². The molecule has 0 aliphatic rings. The molecule has 18 heavy (non-hydrogen) atoms. The lowest BCUT2D eigenvalue weighted by molar-refractivity contribution is 0.340. The van der Waals surface area contributed by atoms with E-state index in [-0.39, 0.29) is 0 Å². The van der Waals surface area contributed by atoms with Gasteiger partial charge in [0, 0.05) is 11.4 Å². The predicted molar refractivity (Wildman–Crippen MR) is 76.8 cm³/mol. The van der Waals surface area contributed by atoms with Gasteiger partial charge in [0.05, 0.1) is 6.61 Å². The molecule has 0 atom stereocenters. The van der Waals surface area contributed by atoms with Gasteiger partial charge in [-0.1, -0.05) is 12.1 Å². The average Bonchev–Trinajstić information content (AvgIpc) is 2.37. The molecule has 0 saturated carbocycles. The van der Waals surface area contributed by atoms with E-state index in [1.54, 1.807) is 0 Å². The third-order valence-corrected chi connectivity index (χ3v) is 2.84. The van der Waals surface area contributed by atoms with Gasteiger partial charge in [0.15, 0.2) is 0 Å². The lowest BCUT2D eigenvalue weighted by Crippen LogP contribution is -1.95. The minimum Gasteiger partial charge on any atom is -0.494 e. The molecule has 0 spiro atoms. The molecule has 2 aromatic carbocycles. The highest BCUT2D eigenvalue weighted by Gasteiger charge is 2.00. The normalized spacial score (nSPS) is 10.2. The molecule has 0 amide bonds. The smallest absolute Gasteiger partial charge is 0.119 e. The van der Waals surface area contributed by atoms with Crippen LogP contribution in [0.25, 0.3) is 0 Å². The van der Waals surface area contributed by atoms with Gasteiger partial charge in [-0.2, -0.15) is 0 Å². The fourth-order valence-corrected chi connectivity index (χ4v) is 1.83. The molecule has 0 bridgehead atoms. The third-order valence-electron chi connectivity index (χ3n) is 2.84. The lowest BCUT2D eigenvalue weighted by atomic mass is 10.1. The van der Waals surface area contributed by atoms with E-state index >= 15 is 0 Å². The Bertz CT molecular complexity index is 517. The maximum Gasteiger partial charge on any atom is 0.119 e. The summed E-state index contributed by atoms with van der Waals surface area (Å²) < 4.78 is 5.43. The molecule has 1 N–H and O–H groups in total. The van der Waals surface area contributed by atoms with Crippen LogP contribution < -0.4 is 10.1 Å². The zero-order valence-electron chi connectivity index (χ0n) is 11.2. The van der Waals surface area contributed by atoms with Crippen LogP contribution in [-0.2, 0) is 0 Å². The average molecular weight is 241 g/mol. The number of hydrogen-bond donors (Lipinski definition) is 1. The van der Waals surface area contributed by atoms with Gasteiger partial charge < -0.3 is 10.1 Å². The Hall–Kier alpha value is -1.96. The Morgan fingerprint density at radius 2 is 1.72 bits per heavy atom. The Morgan fingerprint density at radius 3 is 2.39 bits per heavy atom. The van der Waals surface area contributed by atoms with E-state index in [0.29, 0.717) is 6.61 Å². The van der Waals surface area contributed by atoms with Crippen LogP contribution in [0.5, 0.6) is 5.75 Å². The molecule has 0 aliphatic carbocycles. The number of aryl methyl sites for hydroxylation is 2. The molecule has 0 unspecified atom stereocenters. The van der Waals surface area contributed by atoms with Crippen molar-refractivity contribution in [3.63, 3.8) is 0 Å². The van der Waals surface area contributed by atoms with Gasteiger partial charge in [0.1, 0.15) is 5.75 Å². The Kier molecular flexibility index (Phi) is 3.88. The summed E-state index contributed by atoms with van der Waals surface area (Å²) in [6.07, 6.45) is 0. The lowest BCUT2D eigenvalue weighted by Gasteiger charge is -2.11. The van der Waals surface area contributed by atoms with Crippen LogP contribution in [-0.4, -0.2) is 6.61 Å². The summed E-state index contributed by atoms with van der Waals surface area (Å²) >= 11 is 0. The van der Waals surface area contributed by atoms with Crippen LogP contribution in [0, 0.1) is 13.8 Å². The van der Waals surface area contributed by atoms with Crippen LogP contribution in [0.3, 0.4) is 0 Å². The first-order chi connectivity index (χ1) is 8.69. The first-order valence-electron chi connectivity index (χ1n) is 6.26. The molecule has 94 valence electrons. The Morgan fingerprint density at radius 1 is 1.00 bits per heavy atom. The van der Waals surface area contributed by atoms with Crippen molar-refractivity contribution in [2.24, 2.45) is 0 Å². The Labute approximate surface area is 109 Å². The SMILES string of the molecule is CCOc1ccc(Nc2cc(C)ccc2C)cc1. The molecule has 0 aromatic heterocycles. The number of nitrogens with one attached hydrogen (secondary N) is 1. The summed E-state index contributed by atoms with van der Waals surface area (Å²) in [7, 11) is 0. The van der Waals surface area contributed by atoms with Crippen molar-refractivity contribution >= 4 is 11.4 Å². The van der Waals surface area contributed by atoms with Crippen molar-refractivity contribution in [1.82, 2.24) is 0 Å². The summed E-state index contributed by atoms with van der Waals surface area (Å²) in [4.78, 5) is 0. The summed E-state index contributed by atoms with van der Waals surface area (Å²) in [6.45, 7) is 6.89. The molecule has 0 fully saturated rings. The molecule has 2 heteroatoms. The van der Waals surface area contributed by atoms with E-state index in [1.165, 1.54) is 11.1 Å². The molecule has 2 aromatic rings. The molecule has 0 saturated heterocycles. The van der Waals surface area contributed by atoms with E-state index in [2.05, 4.69) is 37.4 Å². The van der Waals surface area contributed by atoms with Crippen molar-refractivity contribution in [1.29, 1.82) is 0 Å². The minimum atomic E-state index is 0.698. The monoisotopic (exact) mass is 241 g/mol. The molecular weight excluding hydrogens is 222 g/mol. The van der Waals surface area contributed by atoms with Gasteiger partial charge in [-0.25, -0.2) is 0 Å². The van der Waals surface area contributed by atoms with Gasteiger partial charge in [0.25, 0.3) is 0 Å². The van der Waals surface area contributed by atoms with E-state index in [1.807, 2.05) is 31.2 Å². The molecule has 0 aliphatic heterocycles. The maximum atomic E-state index is 5.43. The number of ether oxygens (including phenoxy) is 1. The zero-order chi connectivity index (χ0) is 13.0. The molecular formula is C16H19NO. The van der Waals surface area contributed by atoms with Crippen LogP contribution in [0.1, 0.15) is 18.1 Å². The summed E-state index contributed by atoms with van der Waals surface area (Å²) in [5, 5.41) is 3.43. The second kappa shape index (κ2) is 5.58. The number of benzene rings is 2. The third kappa shape index (κ3) is 3.04. The van der Waals surface area contributed by atoms with E-state index in [9.17, 15) is 0 Å². The highest BCUT2D eigenvalue weighted by molar-refractivity contribution is 5.64. The number of hydrogen-bond acceptors (Lipinski definition) is 2. The molecule has 0 radical (unpaired) electrons. The number of rotatable bonds is 4. The standard InChI is InChI=1S/C16H19NO/c1-4-18-15-9-7-14(8-10-15)17-16-11-12(2)5-6-13(16)3/h5-11,17H,4H2,1-3H3. The van der Waals surface area contributed by atoms with Crippen LogP contribution in [0.2, 0.25) is 0 Å². The van der Waals surface area contributed by atoms with Gasteiger partial charge >= 0.3 is 0 Å². The quantitative estimate of drug-likeness (QED) is 0.854. The van der Waals surface area contributed by atoms with Gasteiger partial charge in [-0.15, -0.1) is 0 Å². The summed E-state index contributed by atoms with van der Waals surface area (Å²) in [5.74, 6) is 0.906. The van der Waals surface area contributed by atoms with E-state index in [0.717, 1.165) is 17.1 Å². The summed E-state index contributed by atoms with van der Waals surface area (Å²) in [5.41, 5.74) is 4.73. The van der Waals surface area contributed by atoms with Crippen LogP contribution in [0.4, 0.5) is 11.4 Å². The first-order valence-corrected chi connectivity index (χ1v) is 6.26. The topological polar surface area (TPSA) is 21.3 Å².